The highest BCUT2D eigenvalue weighted by Gasteiger charge is 2.43. The number of nitrogens with zero attached hydrogens (tertiary/aromatic N) is 3. The summed E-state index contributed by atoms with van der Waals surface area (Å²) in [5, 5.41) is 23.4. The molecule has 0 radical (unpaired) electrons. The normalized spacial score (nSPS) is 18.8. The number of aliphatic hydroxyl groups is 1. The van der Waals surface area contributed by atoms with Crippen LogP contribution in [0.1, 0.15) is 48.2 Å². The third-order valence-corrected chi connectivity index (χ3v) is 7.74. The minimum Gasteiger partial charge on any atom is -0.492 e. The van der Waals surface area contributed by atoms with E-state index in [0.29, 0.717) is 44.9 Å². The number of carbonyl (C=O) groups excluding carboxylic acids is 1. The maximum atomic E-state index is 13.4. The van der Waals surface area contributed by atoms with Crippen molar-refractivity contribution in [3.05, 3.63) is 63.9 Å². The second-order valence-corrected chi connectivity index (χ2v) is 11.5. The first-order chi connectivity index (χ1) is 19.5. The summed E-state index contributed by atoms with van der Waals surface area (Å²) >= 11 is 13.0. The smallest absolute Gasteiger partial charge is 0.329 e. The lowest BCUT2D eigenvalue weighted by Crippen LogP contribution is -2.57. The van der Waals surface area contributed by atoms with E-state index < -0.39 is 23.5 Å². The summed E-state index contributed by atoms with van der Waals surface area (Å²) in [7, 11) is 3.98. The number of rotatable bonds is 10. The number of amides is 1. The standard InChI is InChI=1S/C30H34Cl2N4O5/c1-18-15-23(32)27(33-17-18)21-6-8-24(28(38)35-30(29(39)40)11-9-20(37)10-12-30)34-26(21)19-5-7-22(31)25(16-19)41-14-4-13-36(2)3/h5-8,15-17,20,37H,4,9-14H2,1-3H3,(H,35,38)(H,39,40)/t20-,30+. The van der Waals surface area contributed by atoms with Crippen LogP contribution in [0.5, 0.6) is 5.75 Å². The number of aryl methyl sites for hydroxylation is 1. The Labute approximate surface area is 249 Å². The first-order valence-electron chi connectivity index (χ1n) is 13.4. The van der Waals surface area contributed by atoms with Gasteiger partial charge in [0, 0.05) is 23.9 Å². The molecule has 0 aliphatic heterocycles. The SMILES string of the molecule is Cc1cnc(-c2ccc(C(=O)N[C@]3(C(=O)O)CC[C@H](O)CC3)nc2-c2ccc(Cl)c(OCCCN(C)C)c2)c(Cl)c1. The summed E-state index contributed by atoms with van der Waals surface area (Å²) in [6.45, 7) is 3.20. The molecule has 0 saturated heterocycles. The topological polar surface area (TPSA) is 125 Å². The van der Waals surface area contributed by atoms with E-state index in [4.69, 9.17) is 27.9 Å². The van der Waals surface area contributed by atoms with Gasteiger partial charge in [0.1, 0.15) is 17.0 Å². The molecule has 0 spiro atoms. The van der Waals surface area contributed by atoms with Crippen molar-refractivity contribution in [3.63, 3.8) is 0 Å². The summed E-state index contributed by atoms with van der Waals surface area (Å²) in [5.74, 6) is -1.30. The summed E-state index contributed by atoms with van der Waals surface area (Å²) in [6.07, 6.45) is 2.72. The van der Waals surface area contributed by atoms with Gasteiger partial charge in [0.15, 0.2) is 0 Å². The predicted molar refractivity (Wildman–Crippen MR) is 159 cm³/mol. The van der Waals surface area contributed by atoms with E-state index in [2.05, 4.69) is 20.2 Å². The molecular formula is C30H34Cl2N4O5. The number of nitrogens with one attached hydrogen (secondary N) is 1. The number of hydrogen-bond donors (Lipinski definition) is 3. The zero-order valence-corrected chi connectivity index (χ0v) is 24.8. The van der Waals surface area contributed by atoms with Crippen LogP contribution >= 0.6 is 23.2 Å². The van der Waals surface area contributed by atoms with Crippen LogP contribution in [0.3, 0.4) is 0 Å². The van der Waals surface area contributed by atoms with Crippen molar-refractivity contribution >= 4 is 35.1 Å². The van der Waals surface area contributed by atoms with Gasteiger partial charge in [-0.3, -0.25) is 9.78 Å². The molecule has 3 N–H and O–H groups in total. The molecule has 1 saturated carbocycles. The molecule has 4 rings (SSSR count). The molecule has 2 aromatic heterocycles. The van der Waals surface area contributed by atoms with Crippen molar-refractivity contribution in [3.8, 4) is 28.3 Å². The van der Waals surface area contributed by atoms with E-state index in [-0.39, 0.29) is 31.4 Å². The summed E-state index contributed by atoms with van der Waals surface area (Å²) in [6, 6.07) is 10.2. The minimum absolute atomic E-state index is 0.0298. The maximum absolute atomic E-state index is 13.4. The lowest BCUT2D eigenvalue weighted by Gasteiger charge is -2.35. The number of aromatic nitrogens is 2. The first kappa shape index (κ1) is 30.7. The van der Waals surface area contributed by atoms with Crippen LogP contribution in [0.2, 0.25) is 10.0 Å². The molecule has 3 aromatic rings. The molecule has 41 heavy (non-hydrogen) atoms. The van der Waals surface area contributed by atoms with E-state index in [1.807, 2.05) is 21.0 Å². The van der Waals surface area contributed by atoms with Gasteiger partial charge in [0.25, 0.3) is 5.91 Å². The van der Waals surface area contributed by atoms with Gasteiger partial charge in [-0.1, -0.05) is 29.3 Å². The number of pyridine rings is 2. The fourth-order valence-electron chi connectivity index (χ4n) is 4.82. The zero-order valence-electron chi connectivity index (χ0n) is 23.3. The number of hydrogen-bond acceptors (Lipinski definition) is 7. The molecule has 2 heterocycles. The van der Waals surface area contributed by atoms with E-state index in [1.54, 1.807) is 36.5 Å². The van der Waals surface area contributed by atoms with Crippen molar-refractivity contribution in [2.75, 3.05) is 27.2 Å². The summed E-state index contributed by atoms with van der Waals surface area (Å²) in [5.41, 5.74) is 1.54. The third kappa shape index (κ3) is 7.35. The molecule has 1 aliphatic rings. The zero-order chi connectivity index (χ0) is 29.7. The number of carboxylic acids is 1. The third-order valence-electron chi connectivity index (χ3n) is 7.14. The van der Waals surface area contributed by atoms with E-state index in [9.17, 15) is 19.8 Å². The molecule has 0 atom stereocenters. The van der Waals surface area contributed by atoms with Gasteiger partial charge >= 0.3 is 5.97 Å². The minimum atomic E-state index is -1.48. The summed E-state index contributed by atoms with van der Waals surface area (Å²) in [4.78, 5) is 36.9. The van der Waals surface area contributed by atoms with Crippen molar-refractivity contribution < 1.29 is 24.5 Å². The highest BCUT2D eigenvalue weighted by Crippen LogP contribution is 2.37. The number of carboxylic acid groups (broad SMARTS) is 1. The Kier molecular flexibility index (Phi) is 9.86. The fourth-order valence-corrected chi connectivity index (χ4v) is 5.32. The van der Waals surface area contributed by atoms with Gasteiger partial charge in [0.05, 0.1) is 34.1 Å². The van der Waals surface area contributed by atoms with Gasteiger partial charge in [-0.15, -0.1) is 0 Å². The van der Waals surface area contributed by atoms with Crippen LogP contribution in [-0.4, -0.2) is 75.8 Å². The van der Waals surface area contributed by atoms with E-state index in [1.165, 1.54) is 6.07 Å². The monoisotopic (exact) mass is 600 g/mol. The van der Waals surface area contributed by atoms with Crippen LogP contribution in [0.25, 0.3) is 22.5 Å². The van der Waals surface area contributed by atoms with Gasteiger partial charge in [-0.25, -0.2) is 9.78 Å². The largest absolute Gasteiger partial charge is 0.492 e. The van der Waals surface area contributed by atoms with Crippen molar-refractivity contribution in [2.24, 2.45) is 0 Å². The highest BCUT2D eigenvalue weighted by molar-refractivity contribution is 6.33. The number of aliphatic carboxylic acids is 1. The Morgan fingerprint density at radius 3 is 2.49 bits per heavy atom. The lowest BCUT2D eigenvalue weighted by atomic mass is 9.80. The molecule has 0 bridgehead atoms. The second-order valence-electron chi connectivity index (χ2n) is 10.7. The first-order valence-corrected chi connectivity index (χ1v) is 14.2. The van der Waals surface area contributed by atoms with Gasteiger partial charge in [-0.2, -0.15) is 0 Å². The molecule has 1 aromatic carbocycles. The molecule has 0 unspecified atom stereocenters. The quantitative estimate of drug-likeness (QED) is 0.270. The average molecular weight is 602 g/mol. The molecule has 1 fully saturated rings. The fraction of sp³-hybridized carbons (Fsp3) is 0.400. The van der Waals surface area contributed by atoms with E-state index >= 15 is 0 Å². The number of benzene rings is 1. The van der Waals surface area contributed by atoms with Gasteiger partial charge < -0.3 is 25.2 Å². The van der Waals surface area contributed by atoms with Crippen molar-refractivity contribution in [1.29, 1.82) is 0 Å². The maximum Gasteiger partial charge on any atom is 0.329 e. The van der Waals surface area contributed by atoms with Crippen LogP contribution < -0.4 is 10.1 Å². The predicted octanol–water partition coefficient (Wildman–Crippen LogP) is 5.24. The van der Waals surface area contributed by atoms with Crippen LogP contribution in [0.4, 0.5) is 0 Å². The molecule has 9 nitrogen and oxygen atoms in total. The molecule has 1 aliphatic carbocycles. The Balaban J connectivity index is 1.74. The average Bonchev–Trinajstić information content (AvgIpc) is 2.93. The van der Waals surface area contributed by atoms with Crippen LogP contribution in [0, 0.1) is 6.92 Å². The Bertz CT molecular complexity index is 1420. The van der Waals surface area contributed by atoms with E-state index in [0.717, 1.165) is 18.5 Å². The van der Waals surface area contributed by atoms with Crippen molar-refractivity contribution in [1.82, 2.24) is 20.2 Å². The number of aliphatic hydroxyl groups excluding tert-OH is 1. The lowest BCUT2D eigenvalue weighted by molar-refractivity contribution is -0.146. The number of carbonyl (C=O) groups is 2. The molecule has 218 valence electrons. The molecule has 1 amide bonds. The molecular weight excluding hydrogens is 567 g/mol. The van der Waals surface area contributed by atoms with Gasteiger partial charge in [0.2, 0.25) is 0 Å². The number of ether oxygens (including phenoxy) is 1. The van der Waals surface area contributed by atoms with Crippen molar-refractivity contribution in [2.45, 2.75) is 50.7 Å². The molecule has 11 heteroatoms. The van der Waals surface area contributed by atoms with Gasteiger partial charge in [-0.05, 0) is 89.0 Å². The summed E-state index contributed by atoms with van der Waals surface area (Å²) < 4.78 is 5.97. The van der Waals surface area contributed by atoms with Crippen LogP contribution in [-0.2, 0) is 4.79 Å². The number of halogens is 2. The highest BCUT2D eigenvalue weighted by atomic mass is 35.5. The Morgan fingerprint density at radius 2 is 1.83 bits per heavy atom. The second kappa shape index (κ2) is 13.2. The Morgan fingerprint density at radius 1 is 1.10 bits per heavy atom. The van der Waals surface area contributed by atoms with Crippen LogP contribution in [0.15, 0.2) is 42.6 Å². The Hall–Kier alpha value is -3.24.